The molecule has 3 rings (SSSR count). The molecule has 6 heteroatoms. The Labute approximate surface area is 178 Å². The second kappa shape index (κ2) is 9.13. The van der Waals surface area contributed by atoms with Gasteiger partial charge in [0.05, 0.1) is 10.6 Å². The Morgan fingerprint density at radius 3 is 2.13 bits per heavy atom. The minimum atomic E-state index is -3.66. The van der Waals surface area contributed by atoms with Crippen LogP contribution in [0.5, 0.6) is 0 Å². The fourth-order valence-electron chi connectivity index (χ4n) is 3.08. The highest BCUT2D eigenvalue weighted by atomic mass is 32.2. The molecule has 0 bridgehead atoms. The summed E-state index contributed by atoms with van der Waals surface area (Å²) in [5.41, 5.74) is 3.13. The highest BCUT2D eigenvalue weighted by Crippen LogP contribution is 2.23. The number of hydrogen-bond donors (Lipinski definition) is 1. The zero-order valence-corrected chi connectivity index (χ0v) is 18.2. The standard InChI is InChI=1S/C24H26N2O3S/c1-18-9-15-23(16-10-18)30(28,29)26(3)22-13-11-21(12-14-22)24(27)25-17-19(2)20-7-5-4-6-8-20/h4-16,19H,17H2,1-3H3,(H,25,27)/t19-/m1/s1. The number of amides is 1. The fourth-order valence-corrected chi connectivity index (χ4v) is 4.27. The Morgan fingerprint density at radius 1 is 0.933 bits per heavy atom. The maximum Gasteiger partial charge on any atom is 0.264 e. The number of sulfonamides is 1. The number of anilines is 1. The summed E-state index contributed by atoms with van der Waals surface area (Å²) in [6.45, 7) is 4.49. The van der Waals surface area contributed by atoms with E-state index >= 15 is 0 Å². The van der Waals surface area contributed by atoms with Crippen LogP contribution in [0.25, 0.3) is 0 Å². The minimum absolute atomic E-state index is 0.187. The van der Waals surface area contributed by atoms with Crippen molar-refractivity contribution >= 4 is 21.6 Å². The van der Waals surface area contributed by atoms with Crippen molar-refractivity contribution in [3.8, 4) is 0 Å². The van der Waals surface area contributed by atoms with Crippen LogP contribution in [-0.2, 0) is 10.0 Å². The van der Waals surface area contributed by atoms with Crippen molar-refractivity contribution in [3.63, 3.8) is 0 Å². The quantitative estimate of drug-likeness (QED) is 0.615. The van der Waals surface area contributed by atoms with Crippen molar-refractivity contribution in [2.45, 2.75) is 24.7 Å². The Kier molecular flexibility index (Phi) is 6.57. The number of nitrogens with zero attached hydrogens (tertiary/aromatic N) is 1. The van der Waals surface area contributed by atoms with E-state index in [0.29, 0.717) is 17.8 Å². The van der Waals surface area contributed by atoms with Crippen LogP contribution in [0.1, 0.15) is 34.3 Å². The van der Waals surface area contributed by atoms with Crippen LogP contribution in [0.2, 0.25) is 0 Å². The first-order valence-electron chi connectivity index (χ1n) is 9.78. The number of aryl methyl sites for hydroxylation is 1. The van der Waals surface area contributed by atoms with E-state index in [0.717, 1.165) is 11.1 Å². The number of carbonyl (C=O) groups excluding carboxylic acids is 1. The van der Waals surface area contributed by atoms with Crippen LogP contribution in [-0.4, -0.2) is 27.9 Å². The second-order valence-electron chi connectivity index (χ2n) is 7.35. The Balaban J connectivity index is 1.66. The summed E-state index contributed by atoms with van der Waals surface area (Å²) in [7, 11) is -2.16. The Bertz CT molecular complexity index is 1090. The van der Waals surface area contributed by atoms with Crippen molar-refractivity contribution < 1.29 is 13.2 Å². The van der Waals surface area contributed by atoms with E-state index < -0.39 is 10.0 Å². The van der Waals surface area contributed by atoms with Crippen molar-refractivity contribution in [1.82, 2.24) is 5.32 Å². The van der Waals surface area contributed by atoms with Gasteiger partial charge in [0.1, 0.15) is 0 Å². The number of nitrogens with one attached hydrogen (secondary N) is 1. The van der Waals surface area contributed by atoms with E-state index in [-0.39, 0.29) is 16.7 Å². The molecule has 0 aliphatic carbocycles. The number of rotatable bonds is 7. The van der Waals surface area contributed by atoms with Gasteiger partial charge < -0.3 is 5.32 Å². The summed E-state index contributed by atoms with van der Waals surface area (Å²) in [5, 5.41) is 2.94. The van der Waals surface area contributed by atoms with E-state index in [1.807, 2.05) is 37.3 Å². The highest BCUT2D eigenvalue weighted by molar-refractivity contribution is 7.92. The van der Waals surface area contributed by atoms with Gasteiger partial charge in [0.2, 0.25) is 0 Å². The van der Waals surface area contributed by atoms with Gasteiger partial charge in [0, 0.05) is 19.2 Å². The molecule has 0 unspecified atom stereocenters. The summed E-state index contributed by atoms with van der Waals surface area (Å²) in [6, 6.07) is 23.3. The van der Waals surface area contributed by atoms with Crippen LogP contribution >= 0.6 is 0 Å². The molecule has 3 aromatic carbocycles. The summed E-state index contributed by atoms with van der Waals surface area (Å²) >= 11 is 0. The zero-order chi connectivity index (χ0) is 21.7. The SMILES string of the molecule is Cc1ccc(S(=O)(=O)N(C)c2ccc(C(=O)NC[C@@H](C)c3ccccc3)cc2)cc1. The molecule has 3 aromatic rings. The predicted molar refractivity (Wildman–Crippen MR) is 120 cm³/mol. The molecule has 0 heterocycles. The fraction of sp³-hybridized carbons (Fsp3) is 0.208. The molecule has 0 aromatic heterocycles. The largest absolute Gasteiger partial charge is 0.351 e. The lowest BCUT2D eigenvalue weighted by molar-refractivity contribution is 0.0951. The Morgan fingerprint density at radius 2 is 1.53 bits per heavy atom. The van der Waals surface area contributed by atoms with Crippen molar-refractivity contribution in [3.05, 3.63) is 95.6 Å². The second-order valence-corrected chi connectivity index (χ2v) is 9.32. The highest BCUT2D eigenvalue weighted by Gasteiger charge is 2.21. The maximum atomic E-state index is 12.8. The summed E-state index contributed by atoms with van der Waals surface area (Å²) in [4.78, 5) is 12.7. The third-order valence-corrected chi connectivity index (χ3v) is 6.91. The number of hydrogen-bond acceptors (Lipinski definition) is 3. The van der Waals surface area contributed by atoms with Crippen LogP contribution in [0.3, 0.4) is 0 Å². The first kappa shape index (κ1) is 21.6. The summed E-state index contributed by atoms with van der Waals surface area (Å²) < 4.78 is 26.9. The van der Waals surface area contributed by atoms with E-state index in [4.69, 9.17) is 0 Å². The average molecular weight is 423 g/mol. The smallest absolute Gasteiger partial charge is 0.264 e. The molecule has 0 saturated heterocycles. The first-order valence-corrected chi connectivity index (χ1v) is 11.2. The number of carbonyl (C=O) groups is 1. The minimum Gasteiger partial charge on any atom is -0.351 e. The molecule has 0 aliphatic heterocycles. The van der Waals surface area contributed by atoms with Gasteiger partial charge in [0.25, 0.3) is 15.9 Å². The van der Waals surface area contributed by atoms with Gasteiger partial charge in [-0.1, -0.05) is 55.0 Å². The maximum absolute atomic E-state index is 12.8. The van der Waals surface area contributed by atoms with Crippen molar-refractivity contribution in [2.24, 2.45) is 0 Å². The monoisotopic (exact) mass is 422 g/mol. The van der Waals surface area contributed by atoms with Gasteiger partial charge in [-0.2, -0.15) is 0 Å². The molecule has 0 aliphatic rings. The average Bonchev–Trinajstić information content (AvgIpc) is 2.77. The Hall–Kier alpha value is -3.12. The summed E-state index contributed by atoms with van der Waals surface area (Å²) in [5.74, 6) is 0.00795. The van der Waals surface area contributed by atoms with Crippen LogP contribution in [0.4, 0.5) is 5.69 Å². The molecule has 1 atom stereocenters. The topological polar surface area (TPSA) is 66.5 Å². The number of benzene rings is 3. The summed E-state index contributed by atoms with van der Waals surface area (Å²) in [6.07, 6.45) is 0. The predicted octanol–water partition coefficient (Wildman–Crippen LogP) is 4.35. The lowest BCUT2D eigenvalue weighted by atomic mass is 10.0. The molecule has 0 radical (unpaired) electrons. The first-order chi connectivity index (χ1) is 14.3. The van der Waals surface area contributed by atoms with Gasteiger partial charge in [-0.15, -0.1) is 0 Å². The molecule has 5 nitrogen and oxygen atoms in total. The third-order valence-electron chi connectivity index (χ3n) is 5.11. The molecule has 156 valence electrons. The zero-order valence-electron chi connectivity index (χ0n) is 17.4. The normalized spacial score (nSPS) is 12.2. The van der Waals surface area contributed by atoms with Gasteiger partial charge >= 0.3 is 0 Å². The van der Waals surface area contributed by atoms with E-state index in [1.165, 1.54) is 11.4 Å². The van der Waals surface area contributed by atoms with Gasteiger partial charge in [-0.05, 0) is 54.8 Å². The van der Waals surface area contributed by atoms with Crippen molar-refractivity contribution in [2.75, 3.05) is 17.9 Å². The van der Waals surface area contributed by atoms with E-state index in [9.17, 15) is 13.2 Å². The molecular formula is C24H26N2O3S. The molecule has 1 N–H and O–H groups in total. The van der Waals surface area contributed by atoms with Gasteiger partial charge in [0.15, 0.2) is 0 Å². The molecular weight excluding hydrogens is 396 g/mol. The van der Waals surface area contributed by atoms with Gasteiger partial charge in [-0.25, -0.2) is 8.42 Å². The van der Waals surface area contributed by atoms with Crippen molar-refractivity contribution in [1.29, 1.82) is 0 Å². The molecule has 0 fully saturated rings. The lowest BCUT2D eigenvalue weighted by Gasteiger charge is -2.20. The van der Waals surface area contributed by atoms with E-state index in [1.54, 1.807) is 48.5 Å². The van der Waals surface area contributed by atoms with E-state index in [2.05, 4.69) is 12.2 Å². The molecule has 30 heavy (non-hydrogen) atoms. The molecule has 0 saturated carbocycles. The molecule has 1 amide bonds. The van der Waals surface area contributed by atoms with Gasteiger partial charge in [-0.3, -0.25) is 9.10 Å². The lowest BCUT2D eigenvalue weighted by Crippen LogP contribution is -2.28. The van der Waals surface area contributed by atoms with Crippen LogP contribution < -0.4 is 9.62 Å². The van der Waals surface area contributed by atoms with Crippen LogP contribution in [0.15, 0.2) is 83.8 Å². The molecule has 0 spiro atoms. The third kappa shape index (κ3) is 4.89. The van der Waals surface area contributed by atoms with Crippen LogP contribution in [0, 0.1) is 6.92 Å².